The summed E-state index contributed by atoms with van der Waals surface area (Å²) in [6.07, 6.45) is 0. The number of rotatable bonds is 8. The van der Waals surface area contributed by atoms with Gasteiger partial charge in [0.05, 0.1) is 32.8 Å². The summed E-state index contributed by atoms with van der Waals surface area (Å²) in [6, 6.07) is 13.3. The predicted molar refractivity (Wildman–Crippen MR) is 122 cm³/mol. The zero-order chi connectivity index (χ0) is 22.4. The second-order valence-electron chi connectivity index (χ2n) is 6.88. The number of amides is 1. The minimum atomic E-state index is -0.0921. The number of ether oxygens (including phenoxy) is 3. The summed E-state index contributed by atoms with van der Waals surface area (Å²) in [4.78, 5) is 12.3. The number of anilines is 1. The first-order valence-electron chi connectivity index (χ1n) is 9.58. The highest BCUT2D eigenvalue weighted by atomic mass is 32.2. The van der Waals surface area contributed by atoms with Crippen LogP contribution in [0.15, 0.2) is 47.5 Å². The standard InChI is InChI=1S/C23H25N3O4S/c1-14-8-15(2)10-17(9-14)24-21(27)13-31-22-7-6-18(25-26-22)16-11-19(28-3)23(30-5)20(12-16)29-4/h6-12H,13H2,1-5H3,(H,24,27). The minimum Gasteiger partial charge on any atom is -0.493 e. The molecule has 0 radical (unpaired) electrons. The molecule has 1 aromatic heterocycles. The Labute approximate surface area is 186 Å². The highest BCUT2D eigenvalue weighted by Gasteiger charge is 2.15. The van der Waals surface area contributed by atoms with Crippen molar-refractivity contribution in [1.82, 2.24) is 10.2 Å². The van der Waals surface area contributed by atoms with Gasteiger partial charge in [-0.2, -0.15) is 0 Å². The molecular formula is C23H25N3O4S. The fraction of sp³-hybridized carbons (Fsp3) is 0.261. The first-order valence-corrected chi connectivity index (χ1v) is 10.6. The van der Waals surface area contributed by atoms with E-state index in [0.29, 0.717) is 28.0 Å². The maximum atomic E-state index is 12.3. The van der Waals surface area contributed by atoms with Gasteiger partial charge >= 0.3 is 0 Å². The minimum absolute atomic E-state index is 0.0921. The van der Waals surface area contributed by atoms with Crippen molar-refractivity contribution in [3.8, 4) is 28.5 Å². The number of carbonyl (C=O) groups is 1. The number of benzene rings is 2. The van der Waals surface area contributed by atoms with E-state index in [2.05, 4.69) is 21.6 Å². The molecule has 0 bridgehead atoms. The molecule has 0 saturated heterocycles. The van der Waals surface area contributed by atoms with Gasteiger partial charge in [-0.05, 0) is 61.4 Å². The van der Waals surface area contributed by atoms with Crippen molar-refractivity contribution in [3.63, 3.8) is 0 Å². The summed E-state index contributed by atoms with van der Waals surface area (Å²) >= 11 is 1.33. The highest BCUT2D eigenvalue weighted by molar-refractivity contribution is 7.99. The third-order valence-electron chi connectivity index (χ3n) is 4.46. The van der Waals surface area contributed by atoms with E-state index < -0.39 is 0 Å². The van der Waals surface area contributed by atoms with Crippen LogP contribution in [0, 0.1) is 13.8 Å². The van der Waals surface area contributed by atoms with Crippen LogP contribution in [0.5, 0.6) is 17.2 Å². The number of aryl methyl sites for hydroxylation is 2. The van der Waals surface area contributed by atoms with E-state index in [0.717, 1.165) is 22.4 Å². The van der Waals surface area contributed by atoms with Gasteiger partial charge in [-0.25, -0.2) is 0 Å². The fourth-order valence-corrected chi connectivity index (χ4v) is 3.78. The van der Waals surface area contributed by atoms with Gasteiger partial charge in [0.15, 0.2) is 11.5 Å². The zero-order valence-corrected chi connectivity index (χ0v) is 19.0. The molecular weight excluding hydrogens is 414 g/mol. The molecule has 0 spiro atoms. The average Bonchev–Trinajstić information content (AvgIpc) is 2.76. The number of aromatic nitrogens is 2. The summed E-state index contributed by atoms with van der Waals surface area (Å²) in [7, 11) is 4.69. The van der Waals surface area contributed by atoms with E-state index in [1.807, 2.05) is 50.2 Å². The van der Waals surface area contributed by atoms with Gasteiger partial charge in [0.1, 0.15) is 5.03 Å². The third kappa shape index (κ3) is 5.67. The molecule has 0 aliphatic heterocycles. The highest BCUT2D eigenvalue weighted by Crippen LogP contribution is 2.40. The SMILES string of the molecule is COc1cc(-c2ccc(SCC(=O)Nc3cc(C)cc(C)c3)nn2)cc(OC)c1OC. The van der Waals surface area contributed by atoms with Crippen LogP contribution in [0.4, 0.5) is 5.69 Å². The van der Waals surface area contributed by atoms with Gasteiger partial charge in [-0.3, -0.25) is 4.79 Å². The Bertz CT molecular complexity index is 1030. The zero-order valence-electron chi connectivity index (χ0n) is 18.2. The predicted octanol–water partition coefficient (Wildman–Crippen LogP) is 4.52. The van der Waals surface area contributed by atoms with Gasteiger partial charge in [0, 0.05) is 11.3 Å². The van der Waals surface area contributed by atoms with E-state index in [-0.39, 0.29) is 11.7 Å². The Morgan fingerprint density at radius 2 is 1.55 bits per heavy atom. The van der Waals surface area contributed by atoms with Crippen LogP contribution in [0.25, 0.3) is 11.3 Å². The first-order chi connectivity index (χ1) is 14.9. The average molecular weight is 440 g/mol. The van der Waals surface area contributed by atoms with E-state index in [1.165, 1.54) is 11.8 Å². The van der Waals surface area contributed by atoms with E-state index >= 15 is 0 Å². The molecule has 3 aromatic rings. The molecule has 3 rings (SSSR count). The van der Waals surface area contributed by atoms with Crippen molar-refractivity contribution in [3.05, 3.63) is 53.6 Å². The lowest BCUT2D eigenvalue weighted by atomic mass is 10.1. The molecule has 0 aliphatic carbocycles. The van der Waals surface area contributed by atoms with E-state index in [9.17, 15) is 4.79 Å². The van der Waals surface area contributed by atoms with Crippen molar-refractivity contribution >= 4 is 23.4 Å². The maximum absolute atomic E-state index is 12.3. The van der Waals surface area contributed by atoms with Crippen molar-refractivity contribution in [2.75, 3.05) is 32.4 Å². The smallest absolute Gasteiger partial charge is 0.234 e. The van der Waals surface area contributed by atoms with Crippen LogP contribution in [0.1, 0.15) is 11.1 Å². The summed E-state index contributed by atoms with van der Waals surface area (Å²) in [6.45, 7) is 4.01. The van der Waals surface area contributed by atoms with Crippen molar-refractivity contribution in [2.24, 2.45) is 0 Å². The van der Waals surface area contributed by atoms with Crippen LogP contribution < -0.4 is 19.5 Å². The maximum Gasteiger partial charge on any atom is 0.234 e. The molecule has 0 saturated carbocycles. The molecule has 7 nitrogen and oxygen atoms in total. The number of nitrogens with one attached hydrogen (secondary N) is 1. The van der Waals surface area contributed by atoms with Crippen LogP contribution in [0.2, 0.25) is 0 Å². The Hall–Kier alpha value is -3.26. The number of nitrogens with zero attached hydrogens (tertiary/aromatic N) is 2. The van der Waals surface area contributed by atoms with E-state index in [1.54, 1.807) is 21.3 Å². The van der Waals surface area contributed by atoms with Gasteiger partial charge < -0.3 is 19.5 Å². The quantitative estimate of drug-likeness (QED) is 0.517. The van der Waals surface area contributed by atoms with Crippen LogP contribution in [-0.2, 0) is 4.79 Å². The Balaban J connectivity index is 1.67. The summed E-state index contributed by atoms with van der Waals surface area (Å²) < 4.78 is 16.1. The third-order valence-corrected chi connectivity index (χ3v) is 5.38. The largest absolute Gasteiger partial charge is 0.493 e. The molecule has 1 amide bonds. The summed E-state index contributed by atoms with van der Waals surface area (Å²) in [5.74, 6) is 1.75. The second-order valence-corrected chi connectivity index (χ2v) is 7.88. The van der Waals surface area contributed by atoms with Crippen LogP contribution in [0.3, 0.4) is 0 Å². The lowest BCUT2D eigenvalue weighted by molar-refractivity contribution is -0.113. The van der Waals surface area contributed by atoms with E-state index in [4.69, 9.17) is 14.2 Å². The molecule has 1 heterocycles. The number of hydrogen-bond acceptors (Lipinski definition) is 7. The Kier molecular flexibility index (Phi) is 7.36. The molecule has 162 valence electrons. The van der Waals surface area contributed by atoms with Crippen LogP contribution >= 0.6 is 11.8 Å². The van der Waals surface area contributed by atoms with Crippen molar-refractivity contribution < 1.29 is 19.0 Å². The lowest BCUT2D eigenvalue weighted by Crippen LogP contribution is -2.14. The molecule has 0 unspecified atom stereocenters. The molecule has 31 heavy (non-hydrogen) atoms. The number of carbonyl (C=O) groups excluding carboxylic acids is 1. The Morgan fingerprint density at radius 3 is 2.06 bits per heavy atom. The summed E-state index contributed by atoms with van der Waals surface area (Å²) in [5, 5.41) is 12.1. The molecule has 0 aliphatic rings. The number of methoxy groups -OCH3 is 3. The second kappa shape index (κ2) is 10.2. The van der Waals surface area contributed by atoms with Gasteiger partial charge in [-0.1, -0.05) is 17.8 Å². The molecule has 0 fully saturated rings. The molecule has 8 heteroatoms. The Morgan fingerprint density at radius 1 is 0.903 bits per heavy atom. The molecule has 2 aromatic carbocycles. The van der Waals surface area contributed by atoms with Crippen molar-refractivity contribution in [1.29, 1.82) is 0 Å². The first kappa shape index (κ1) is 22.4. The fourth-order valence-electron chi connectivity index (χ4n) is 3.16. The van der Waals surface area contributed by atoms with Gasteiger partial charge in [-0.15, -0.1) is 10.2 Å². The normalized spacial score (nSPS) is 10.5. The number of thioether (sulfide) groups is 1. The lowest BCUT2D eigenvalue weighted by Gasteiger charge is -2.13. The topological polar surface area (TPSA) is 82.6 Å². The van der Waals surface area contributed by atoms with Gasteiger partial charge in [0.25, 0.3) is 0 Å². The van der Waals surface area contributed by atoms with Crippen LogP contribution in [-0.4, -0.2) is 43.2 Å². The molecule has 1 N–H and O–H groups in total. The van der Waals surface area contributed by atoms with Gasteiger partial charge in [0.2, 0.25) is 11.7 Å². The molecule has 0 atom stereocenters. The summed E-state index contributed by atoms with van der Waals surface area (Å²) in [5.41, 5.74) is 4.45. The monoisotopic (exact) mass is 439 g/mol. The van der Waals surface area contributed by atoms with Crippen molar-refractivity contribution in [2.45, 2.75) is 18.9 Å². The number of hydrogen-bond donors (Lipinski definition) is 1.